The topological polar surface area (TPSA) is 96.0 Å². The number of amides is 2. The Bertz CT molecular complexity index is 699. The van der Waals surface area contributed by atoms with E-state index in [-0.39, 0.29) is 11.8 Å². The highest BCUT2D eigenvalue weighted by molar-refractivity contribution is 7.16. The first-order valence-electron chi connectivity index (χ1n) is 6.76. The van der Waals surface area contributed by atoms with Gasteiger partial charge in [-0.05, 0) is 24.8 Å². The number of hydrogen-bond donors (Lipinski definition) is 3. The van der Waals surface area contributed by atoms with Gasteiger partial charge in [-0.3, -0.25) is 14.9 Å². The van der Waals surface area contributed by atoms with Crippen LogP contribution in [0, 0.1) is 0 Å². The molecule has 2 aromatic heterocycles. The monoisotopic (exact) mass is 305 g/mol. The van der Waals surface area contributed by atoms with Gasteiger partial charge in [0.1, 0.15) is 16.7 Å². The lowest BCUT2D eigenvalue weighted by molar-refractivity contribution is -0.133. The Balaban J connectivity index is 1.90. The van der Waals surface area contributed by atoms with Gasteiger partial charge in [0.25, 0.3) is 0 Å². The summed E-state index contributed by atoms with van der Waals surface area (Å²) in [6.45, 7) is 2.68. The van der Waals surface area contributed by atoms with E-state index in [1.165, 1.54) is 11.3 Å². The third kappa shape index (κ3) is 2.80. The number of anilines is 2. The molecule has 0 spiro atoms. The predicted molar refractivity (Wildman–Crippen MR) is 81.4 cm³/mol. The van der Waals surface area contributed by atoms with Gasteiger partial charge < -0.3 is 10.6 Å². The number of nitrogens with zero attached hydrogens (tertiary/aromatic N) is 2. The number of imide groups is 1. The van der Waals surface area contributed by atoms with E-state index in [0.29, 0.717) is 24.6 Å². The van der Waals surface area contributed by atoms with E-state index in [2.05, 4.69) is 25.9 Å². The number of nitrogens with one attached hydrogen (secondary N) is 3. The highest BCUT2D eigenvalue weighted by atomic mass is 32.1. The van der Waals surface area contributed by atoms with Crippen molar-refractivity contribution in [2.45, 2.75) is 25.8 Å². The van der Waals surface area contributed by atoms with Crippen molar-refractivity contribution in [1.82, 2.24) is 15.3 Å². The van der Waals surface area contributed by atoms with Crippen molar-refractivity contribution in [3.63, 3.8) is 0 Å². The molecule has 1 atom stereocenters. The van der Waals surface area contributed by atoms with Crippen molar-refractivity contribution < 1.29 is 9.59 Å². The molecular weight excluding hydrogens is 290 g/mol. The van der Waals surface area contributed by atoms with E-state index in [4.69, 9.17) is 0 Å². The molecule has 2 amide bonds. The van der Waals surface area contributed by atoms with Crippen LogP contribution in [0.3, 0.4) is 0 Å². The fourth-order valence-corrected chi connectivity index (χ4v) is 2.96. The van der Waals surface area contributed by atoms with Gasteiger partial charge in [0.05, 0.1) is 5.39 Å². The second-order valence-corrected chi connectivity index (χ2v) is 5.61. The fourth-order valence-electron chi connectivity index (χ4n) is 2.20. The Morgan fingerprint density at radius 3 is 3.05 bits per heavy atom. The molecule has 1 fully saturated rings. The van der Waals surface area contributed by atoms with Crippen molar-refractivity contribution in [1.29, 1.82) is 0 Å². The summed E-state index contributed by atoms with van der Waals surface area (Å²) in [4.78, 5) is 32.7. The molecule has 0 radical (unpaired) electrons. The summed E-state index contributed by atoms with van der Waals surface area (Å²) in [5.41, 5.74) is 0. The molecule has 3 N–H and O–H groups in total. The maximum Gasteiger partial charge on any atom is 0.249 e. The van der Waals surface area contributed by atoms with Crippen molar-refractivity contribution in [3.8, 4) is 0 Å². The molecule has 21 heavy (non-hydrogen) atoms. The fraction of sp³-hybridized carbons (Fsp3) is 0.385. The molecule has 0 saturated carbocycles. The van der Waals surface area contributed by atoms with Gasteiger partial charge in [0, 0.05) is 13.0 Å². The zero-order valence-electron chi connectivity index (χ0n) is 11.5. The minimum atomic E-state index is -0.449. The average molecular weight is 305 g/mol. The summed E-state index contributed by atoms with van der Waals surface area (Å²) in [7, 11) is 0. The van der Waals surface area contributed by atoms with E-state index in [1.54, 1.807) is 0 Å². The van der Waals surface area contributed by atoms with Crippen molar-refractivity contribution >= 4 is 45.1 Å². The molecule has 110 valence electrons. The lowest BCUT2D eigenvalue weighted by Crippen LogP contribution is -2.47. The highest BCUT2D eigenvalue weighted by Gasteiger charge is 2.27. The van der Waals surface area contributed by atoms with Crippen LogP contribution in [-0.2, 0) is 9.59 Å². The molecular formula is C13H15N5O2S. The van der Waals surface area contributed by atoms with Crippen LogP contribution in [0.15, 0.2) is 11.4 Å². The number of fused-ring (bicyclic) bond motifs is 1. The van der Waals surface area contributed by atoms with E-state index in [0.717, 1.165) is 16.8 Å². The lowest BCUT2D eigenvalue weighted by Gasteiger charge is -2.22. The second kappa shape index (κ2) is 5.65. The maximum atomic E-state index is 11.8. The Labute approximate surface area is 125 Å². The van der Waals surface area contributed by atoms with Gasteiger partial charge in [-0.25, -0.2) is 4.98 Å². The molecule has 8 heteroatoms. The van der Waals surface area contributed by atoms with E-state index in [1.807, 2.05) is 18.4 Å². The predicted octanol–water partition coefficient (Wildman–Crippen LogP) is 1.34. The summed E-state index contributed by atoms with van der Waals surface area (Å²) in [5, 5.41) is 11.4. The SMILES string of the molecule is CCNc1nc(NC2CCC(=O)NC2=O)c2ccsc2n1. The Morgan fingerprint density at radius 1 is 1.43 bits per heavy atom. The van der Waals surface area contributed by atoms with E-state index in [9.17, 15) is 9.59 Å². The van der Waals surface area contributed by atoms with Crippen LogP contribution >= 0.6 is 11.3 Å². The van der Waals surface area contributed by atoms with Crippen LogP contribution in [0.25, 0.3) is 10.2 Å². The van der Waals surface area contributed by atoms with Gasteiger partial charge in [-0.1, -0.05) is 0 Å². The molecule has 7 nitrogen and oxygen atoms in total. The van der Waals surface area contributed by atoms with Crippen LogP contribution in [0.2, 0.25) is 0 Å². The van der Waals surface area contributed by atoms with Crippen molar-refractivity contribution in [2.24, 2.45) is 0 Å². The van der Waals surface area contributed by atoms with Gasteiger partial charge in [0.2, 0.25) is 17.8 Å². The molecule has 1 aliphatic rings. The number of hydrogen-bond acceptors (Lipinski definition) is 7. The van der Waals surface area contributed by atoms with Crippen LogP contribution in [0.1, 0.15) is 19.8 Å². The Morgan fingerprint density at radius 2 is 2.29 bits per heavy atom. The summed E-state index contributed by atoms with van der Waals surface area (Å²) in [5.74, 6) is 0.613. The quantitative estimate of drug-likeness (QED) is 0.738. The molecule has 0 bridgehead atoms. The molecule has 1 unspecified atom stereocenters. The lowest BCUT2D eigenvalue weighted by atomic mass is 10.1. The summed E-state index contributed by atoms with van der Waals surface area (Å²) in [6, 6.07) is 1.47. The molecule has 0 aromatic carbocycles. The summed E-state index contributed by atoms with van der Waals surface area (Å²) >= 11 is 1.52. The number of aromatic nitrogens is 2. The third-order valence-electron chi connectivity index (χ3n) is 3.21. The first-order chi connectivity index (χ1) is 10.2. The standard InChI is InChI=1S/C13H15N5O2S/c1-2-14-13-17-10(7-5-6-21-12(7)18-13)15-8-3-4-9(19)16-11(8)20/h5-6,8H,2-4H2,1H3,(H,16,19,20)(H2,14,15,17,18). The minimum Gasteiger partial charge on any atom is -0.358 e. The van der Waals surface area contributed by atoms with Gasteiger partial charge in [-0.2, -0.15) is 4.98 Å². The number of carbonyl (C=O) groups excluding carboxylic acids is 2. The Kier molecular flexibility index (Phi) is 3.70. The summed E-state index contributed by atoms with van der Waals surface area (Å²) in [6.07, 6.45) is 0.804. The zero-order valence-corrected chi connectivity index (χ0v) is 12.3. The van der Waals surface area contributed by atoms with Crippen molar-refractivity contribution in [3.05, 3.63) is 11.4 Å². The van der Waals surface area contributed by atoms with E-state index < -0.39 is 6.04 Å². The molecule has 1 aliphatic heterocycles. The van der Waals surface area contributed by atoms with Crippen LogP contribution in [-0.4, -0.2) is 34.4 Å². The van der Waals surface area contributed by atoms with Gasteiger partial charge >= 0.3 is 0 Å². The molecule has 3 rings (SSSR count). The second-order valence-electron chi connectivity index (χ2n) is 4.71. The average Bonchev–Trinajstić information content (AvgIpc) is 2.91. The number of thiophene rings is 1. The zero-order chi connectivity index (χ0) is 14.8. The van der Waals surface area contributed by atoms with Gasteiger partial charge in [0.15, 0.2) is 0 Å². The number of piperidine rings is 1. The number of rotatable bonds is 4. The molecule has 1 saturated heterocycles. The number of carbonyl (C=O) groups is 2. The Hall–Kier alpha value is -2.22. The minimum absolute atomic E-state index is 0.227. The first kappa shape index (κ1) is 13.7. The molecule has 3 heterocycles. The van der Waals surface area contributed by atoms with Gasteiger partial charge in [-0.15, -0.1) is 11.3 Å². The maximum absolute atomic E-state index is 11.8. The van der Waals surface area contributed by atoms with Crippen LogP contribution in [0.5, 0.6) is 0 Å². The summed E-state index contributed by atoms with van der Waals surface area (Å²) < 4.78 is 0. The third-order valence-corrected chi connectivity index (χ3v) is 4.02. The highest BCUT2D eigenvalue weighted by Crippen LogP contribution is 2.27. The van der Waals surface area contributed by atoms with Crippen molar-refractivity contribution in [2.75, 3.05) is 17.2 Å². The van der Waals surface area contributed by atoms with E-state index >= 15 is 0 Å². The molecule has 2 aromatic rings. The first-order valence-corrected chi connectivity index (χ1v) is 7.64. The largest absolute Gasteiger partial charge is 0.358 e. The smallest absolute Gasteiger partial charge is 0.249 e. The molecule has 0 aliphatic carbocycles. The van der Waals surface area contributed by atoms with Crippen LogP contribution in [0.4, 0.5) is 11.8 Å². The van der Waals surface area contributed by atoms with Crippen LogP contribution < -0.4 is 16.0 Å². The normalized spacial score (nSPS) is 18.6.